The Morgan fingerprint density at radius 3 is 2.69 bits per heavy atom. The molecule has 3 aromatic heterocycles. The lowest BCUT2D eigenvalue weighted by Crippen LogP contribution is -2.20. The van der Waals surface area contributed by atoms with Gasteiger partial charge in [-0.05, 0) is 25.5 Å². The number of carbonyl (C=O) groups excluding carboxylic acids is 1. The molecule has 0 unspecified atom stereocenters. The average molecular weight is 406 g/mol. The number of thiazole rings is 1. The normalized spacial score (nSPS) is 11.2. The Morgan fingerprint density at radius 2 is 1.97 bits per heavy atom. The summed E-state index contributed by atoms with van der Waals surface area (Å²) in [5.41, 5.74) is 4.67. The number of carbonyl (C=O) groups is 1. The molecule has 0 saturated heterocycles. The van der Waals surface area contributed by atoms with E-state index in [9.17, 15) is 4.79 Å². The molecule has 29 heavy (non-hydrogen) atoms. The van der Waals surface area contributed by atoms with E-state index in [1.165, 1.54) is 0 Å². The van der Waals surface area contributed by atoms with Gasteiger partial charge in [0.2, 0.25) is 5.91 Å². The number of benzene rings is 1. The van der Waals surface area contributed by atoms with Gasteiger partial charge in [-0.2, -0.15) is 0 Å². The van der Waals surface area contributed by atoms with Gasteiger partial charge in [0.1, 0.15) is 15.7 Å². The van der Waals surface area contributed by atoms with Crippen LogP contribution in [0.3, 0.4) is 0 Å². The zero-order chi connectivity index (χ0) is 20.4. The molecular formula is C22H23N5OS. The highest BCUT2D eigenvalue weighted by atomic mass is 32.1. The lowest BCUT2D eigenvalue weighted by atomic mass is 10.1. The third-order valence-electron chi connectivity index (χ3n) is 4.49. The number of hydrogen-bond acceptors (Lipinski definition) is 5. The van der Waals surface area contributed by atoms with Crippen LogP contribution in [0.25, 0.3) is 27.3 Å². The molecule has 0 bridgehead atoms. The topological polar surface area (TPSA) is 71.3 Å². The monoisotopic (exact) mass is 405 g/mol. The van der Waals surface area contributed by atoms with Crippen molar-refractivity contribution in [3.8, 4) is 21.7 Å². The molecular weight excluding hydrogens is 382 g/mol. The molecule has 4 aromatic rings. The van der Waals surface area contributed by atoms with E-state index in [4.69, 9.17) is 4.98 Å². The summed E-state index contributed by atoms with van der Waals surface area (Å²) < 4.78 is 1.99. The maximum absolute atomic E-state index is 11.8. The van der Waals surface area contributed by atoms with Gasteiger partial charge in [-0.3, -0.25) is 4.79 Å². The predicted molar refractivity (Wildman–Crippen MR) is 118 cm³/mol. The van der Waals surface area contributed by atoms with Gasteiger partial charge in [0.15, 0.2) is 0 Å². The van der Waals surface area contributed by atoms with Crippen LogP contribution < -0.4 is 10.6 Å². The molecule has 4 rings (SSSR count). The lowest BCUT2D eigenvalue weighted by Gasteiger charge is -2.07. The van der Waals surface area contributed by atoms with Gasteiger partial charge < -0.3 is 15.0 Å². The highest BCUT2D eigenvalue weighted by molar-refractivity contribution is 7.18. The first-order valence-electron chi connectivity index (χ1n) is 9.54. The van der Waals surface area contributed by atoms with Crippen LogP contribution in [0.4, 0.5) is 5.00 Å². The van der Waals surface area contributed by atoms with Crippen LogP contribution in [0.2, 0.25) is 0 Å². The summed E-state index contributed by atoms with van der Waals surface area (Å²) in [5.74, 6) is -0.0563. The van der Waals surface area contributed by atoms with E-state index >= 15 is 0 Å². The molecule has 0 aliphatic rings. The molecule has 0 saturated carbocycles. The van der Waals surface area contributed by atoms with Crippen molar-refractivity contribution in [1.29, 1.82) is 0 Å². The van der Waals surface area contributed by atoms with Gasteiger partial charge in [-0.15, -0.1) is 0 Å². The summed E-state index contributed by atoms with van der Waals surface area (Å²) in [4.78, 5) is 21.2. The van der Waals surface area contributed by atoms with Crippen LogP contribution >= 0.6 is 11.3 Å². The number of hydrogen-bond donors (Lipinski definition) is 2. The van der Waals surface area contributed by atoms with Crippen LogP contribution in [0.15, 0.2) is 55.0 Å². The van der Waals surface area contributed by atoms with Gasteiger partial charge in [-0.25, -0.2) is 9.97 Å². The summed E-state index contributed by atoms with van der Waals surface area (Å²) in [6.45, 7) is 4.22. The fourth-order valence-corrected chi connectivity index (χ4v) is 4.14. The number of nitrogens with zero attached hydrogens (tertiary/aromatic N) is 3. The molecule has 0 aliphatic carbocycles. The molecule has 1 amide bonds. The summed E-state index contributed by atoms with van der Waals surface area (Å²) in [6.07, 6.45) is 6.07. The van der Waals surface area contributed by atoms with Gasteiger partial charge >= 0.3 is 0 Å². The van der Waals surface area contributed by atoms with E-state index in [0.29, 0.717) is 6.04 Å². The maximum Gasteiger partial charge on any atom is 0.225 e. The van der Waals surface area contributed by atoms with E-state index in [0.717, 1.165) is 38.0 Å². The Morgan fingerprint density at radius 1 is 1.17 bits per heavy atom. The summed E-state index contributed by atoms with van der Waals surface area (Å²) in [6, 6.07) is 12.6. The van der Waals surface area contributed by atoms with Gasteiger partial charge in [0.25, 0.3) is 0 Å². The summed E-state index contributed by atoms with van der Waals surface area (Å²) in [5, 5.41) is 8.04. The number of rotatable bonds is 6. The van der Waals surface area contributed by atoms with Crippen LogP contribution in [0, 0.1) is 0 Å². The van der Waals surface area contributed by atoms with E-state index in [1.54, 1.807) is 18.4 Å². The predicted octanol–water partition coefficient (Wildman–Crippen LogP) is 4.23. The van der Waals surface area contributed by atoms with Gasteiger partial charge in [0.05, 0.1) is 18.3 Å². The number of pyridine rings is 1. The number of anilines is 1. The molecule has 0 spiro atoms. The Bertz CT molecular complexity index is 1150. The summed E-state index contributed by atoms with van der Waals surface area (Å²) in [7, 11) is 1.64. The summed E-state index contributed by atoms with van der Waals surface area (Å²) >= 11 is 1.63. The van der Waals surface area contributed by atoms with Gasteiger partial charge in [-0.1, -0.05) is 41.7 Å². The molecule has 7 heteroatoms. The number of imidazole rings is 1. The third kappa shape index (κ3) is 4.14. The van der Waals surface area contributed by atoms with Crippen molar-refractivity contribution in [1.82, 2.24) is 19.7 Å². The Labute approximate surface area is 173 Å². The van der Waals surface area contributed by atoms with Crippen molar-refractivity contribution < 1.29 is 4.79 Å². The molecule has 0 atom stereocenters. The van der Waals surface area contributed by atoms with E-state index in [2.05, 4.69) is 47.7 Å². The highest BCUT2D eigenvalue weighted by Gasteiger charge is 2.15. The van der Waals surface area contributed by atoms with Crippen molar-refractivity contribution >= 4 is 27.9 Å². The quantitative estimate of drug-likeness (QED) is 0.503. The van der Waals surface area contributed by atoms with Gasteiger partial charge in [0, 0.05) is 36.6 Å². The fourth-order valence-electron chi connectivity index (χ4n) is 3.19. The first kappa shape index (κ1) is 19.1. The first-order valence-corrected chi connectivity index (χ1v) is 10.4. The number of fused-ring (bicyclic) bond motifs is 1. The van der Waals surface area contributed by atoms with Crippen molar-refractivity contribution in [2.75, 3.05) is 12.4 Å². The molecule has 0 aliphatic heterocycles. The molecule has 1 aromatic carbocycles. The molecule has 0 fully saturated rings. The first-order chi connectivity index (χ1) is 14.0. The maximum atomic E-state index is 11.8. The largest absolute Gasteiger partial charge is 0.373 e. The number of nitrogens with one attached hydrogen (secondary N) is 2. The van der Waals surface area contributed by atoms with E-state index < -0.39 is 0 Å². The molecule has 6 nitrogen and oxygen atoms in total. The van der Waals surface area contributed by atoms with Crippen molar-refractivity contribution in [2.24, 2.45) is 0 Å². The third-order valence-corrected chi connectivity index (χ3v) is 5.47. The second kappa shape index (κ2) is 8.05. The average Bonchev–Trinajstić information content (AvgIpc) is 3.33. The zero-order valence-corrected chi connectivity index (χ0v) is 17.5. The van der Waals surface area contributed by atoms with Crippen LogP contribution in [-0.2, 0) is 11.2 Å². The van der Waals surface area contributed by atoms with Crippen molar-refractivity contribution in [3.63, 3.8) is 0 Å². The number of amides is 1. The van der Waals surface area contributed by atoms with E-state index in [1.807, 2.05) is 41.2 Å². The van der Waals surface area contributed by atoms with Crippen LogP contribution in [0.1, 0.15) is 19.5 Å². The number of likely N-dealkylation sites (N-methyl/N-ethyl adjacent to an activating group) is 1. The van der Waals surface area contributed by atoms with Crippen molar-refractivity contribution in [3.05, 3.63) is 60.7 Å². The SMILES string of the molecule is CNC(=O)Cc1cn2cc(-c3ncc(NC(C)C)s3)cc(-c3ccccc3)c2n1. The van der Waals surface area contributed by atoms with Crippen LogP contribution in [-0.4, -0.2) is 33.4 Å². The zero-order valence-electron chi connectivity index (χ0n) is 16.6. The lowest BCUT2D eigenvalue weighted by molar-refractivity contribution is -0.120. The second-order valence-electron chi connectivity index (χ2n) is 7.15. The minimum Gasteiger partial charge on any atom is -0.373 e. The highest BCUT2D eigenvalue weighted by Crippen LogP contribution is 2.33. The van der Waals surface area contributed by atoms with Crippen LogP contribution in [0.5, 0.6) is 0 Å². The Hall–Kier alpha value is -3.19. The van der Waals surface area contributed by atoms with E-state index in [-0.39, 0.29) is 12.3 Å². The fraction of sp³-hybridized carbons (Fsp3) is 0.227. The molecule has 148 valence electrons. The molecule has 0 radical (unpaired) electrons. The molecule has 2 N–H and O–H groups in total. The Kier molecular flexibility index (Phi) is 5.31. The van der Waals surface area contributed by atoms with Crippen molar-refractivity contribution in [2.45, 2.75) is 26.3 Å². The number of aromatic nitrogens is 3. The molecule has 3 heterocycles. The minimum atomic E-state index is -0.0563. The smallest absolute Gasteiger partial charge is 0.225 e. The Balaban J connectivity index is 1.83. The standard InChI is InChI=1S/C22H23N5OS/c1-14(2)25-20-11-24-22(29-20)16-9-18(15-7-5-4-6-8-15)21-26-17(10-19(28)23-3)13-27(21)12-16/h4-9,11-14,25H,10H2,1-3H3,(H,23,28). The second-order valence-corrected chi connectivity index (χ2v) is 8.18. The minimum absolute atomic E-state index is 0.0563.